The first-order chi connectivity index (χ1) is 27.7. The van der Waals surface area contributed by atoms with Crippen LogP contribution in [-0.4, -0.2) is 24.9 Å². The molecular weight excluding hydrogens is 723 g/mol. The minimum absolute atomic E-state index is 0.655. The number of fused-ring (bicyclic) bond motifs is 6. The van der Waals surface area contributed by atoms with Gasteiger partial charge in [-0.15, -0.1) is 22.7 Å². The normalized spacial score (nSPS) is 11.6. The van der Waals surface area contributed by atoms with Gasteiger partial charge in [0.05, 0.1) is 15.9 Å². The van der Waals surface area contributed by atoms with E-state index in [2.05, 4.69) is 97.1 Å². The minimum Gasteiger partial charge on any atom is -0.226 e. The first-order valence-electron chi connectivity index (χ1n) is 18.4. The van der Waals surface area contributed by atoms with Crippen molar-refractivity contribution in [3.05, 3.63) is 176 Å². The second-order valence-electron chi connectivity index (χ2n) is 13.7. The summed E-state index contributed by atoms with van der Waals surface area (Å²) < 4.78 is 4.66. The van der Waals surface area contributed by atoms with Gasteiger partial charge in [-0.25, -0.2) is 24.9 Å². The molecule has 0 aliphatic rings. The second-order valence-corrected chi connectivity index (χ2v) is 15.8. The van der Waals surface area contributed by atoms with Crippen molar-refractivity contribution in [1.29, 1.82) is 0 Å². The Bertz CT molecular complexity index is 3190. The standard InChI is InChI=1S/C49H29N5S2/c1-4-14-30(15-5-1)46-50-42(45-43(51-46)38-22-10-11-25-40(38)55-45)35-21-12-20-33(28-35)34-26-27-36-37-23-13-24-39(44(37)56-41(36)29-34)49-53-47(31-16-6-2-7-17-31)52-48(54-49)32-18-8-3-9-19-32/h1-29H. The molecule has 11 rings (SSSR count). The van der Waals surface area contributed by atoms with Crippen LogP contribution in [0.5, 0.6) is 0 Å². The molecule has 0 saturated heterocycles. The van der Waals surface area contributed by atoms with Crippen LogP contribution >= 0.6 is 22.7 Å². The monoisotopic (exact) mass is 751 g/mol. The van der Waals surface area contributed by atoms with Gasteiger partial charge < -0.3 is 0 Å². The van der Waals surface area contributed by atoms with Crippen LogP contribution in [-0.2, 0) is 0 Å². The first kappa shape index (κ1) is 32.5. The molecule has 0 aliphatic carbocycles. The van der Waals surface area contributed by atoms with Gasteiger partial charge >= 0.3 is 0 Å². The van der Waals surface area contributed by atoms with Gasteiger partial charge in [-0.05, 0) is 35.4 Å². The van der Waals surface area contributed by atoms with Crippen molar-refractivity contribution in [2.24, 2.45) is 0 Å². The largest absolute Gasteiger partial charge is 0.226 e. The van der Waals surface area contributed by atoms with E-state index in [-0.39, 0.29) is 0 Å². The third kappa shape index (κ3) is 5.64. The Balaban J connectivity index is 1.04. The highest BCUT2D eigenvalue weighted by Crippen LogP contribution is 2.43. The van der Waals surface area contributed by atoms with E-state index in [0.717, 1.165) is 70.8 Å². The fraction of sp³-hybridized carbons (Fsp3) is 0. The molecule has 0 bridgehead atoms. The van der Waals surface area contributed by atoms with Crippen LogP contribution in [0.3, 0.4) is 0 Å². The van der Waals surface area contributed by atoms with Gasteiger partial charge in [0.25, 0.3) is 0 Å². The van der Waals surface area contributed by atoms with Gasteiger partial charge in [0.1, 0.15) is 0 Å². The fourth-order valence-electron chi connectivity index (χ4n) is 7.43. The van der Waals surface area contributed by atoms with Crippen LogP contribution in [0.2, 0.25) is 0 Å². The lowest BCUT2D eigenvalue weighted by atomic mass is 9.99. The molecule has 11 aromatic rings. The van der Waals surface area contributed by atoms with Crippen molar-refractivity contribution in [1.82, 2.24) is 24.9 Å². The number of nitrogens with zero attached hydrogens (tertiary/aromatic N) is 5. The Morgan fingerprint density at radius 1 is 0.304 bits per heavy atom. The molecule has 0 saturated carbocycles. The zero-order valence-electron chi connectivity index (χ0n) is 29.8. The van der Waals surface area contributed by atoms with E-state index in [0.29, 0.717) is 17.5 Å². The maximum atomic E-state index is 5.22. The molecule has 0 amide bonds. The SMILES string of the molecule is c1ccc(-c2nc(-c3ccccc3)nc(-c3cccc4c3sc3cc(-c5cccc(-c6nc(-c7ccccc7)nc7c6sc6ccccc67)c5)ccc34)n2)cc1. The molecule has 4 heterocycles. The van der Waals surface area contributed by atoms with E-state index in [4.69, 9.17) is 24.9 Å². The molecule has 0 N–H and O–H groups in total. The maximum absolute atomic E-state index is 5.22. The van der Waals surface area contributed by atoms with Crippen molar-refractivity contribution in [3.8, 4) is 67.9 Å². The summed E-state index contributed by atoms with van der Waals surface area (Å²) in [5, 5.41) is 3.55. The Hall–Kier alpha value is -6.93. The highest BCUT2D eigenvalue weighted by molar-refractivity contribution is 7.26. The number of hydrogen-bond donors (Lipinski definition) is 0. The third-order valence-corrected chi connectivity index (χ3v) is 12.5. The minimum atomic E-state index is 0.655. The average molecular weight is 752 g/mol. The molecule has 5 nitrogen and oxygen atoms in total. The topological polar surface area (TPSA) is 64.5 Å². The Morgan fingerprint density at radius 2 is 0.839 bits per heavy atom. The van der Waals surface area contributed by atoms with Crippen molar-refractivity contribution in [2.45, 2.75) is 0 Å². The average Bonchev–Trinajstić information content (AvgIpc) is 3.85. The lowest BCUT2D eigenvalue weighted by Crippen LogP contribution is -2.00. The Morgan fingerprint density at radius 3 is 1.55 bits per heavy atom. The summed E-state index contributed by atoms with van der Waals surface area (Å²) >= 11 is 3.53. The third-order valence-electron chi connectivity index (χ3n) is 10.2. The quantitative estimate of drug-likeness (QED) is 0.169. The number of rotatable bonds is 6. The molecule has 0 unspecified atom stereocenters. The molecule has 0 aliphatic heterocycles. The number of aromatic nitrogens is 5. The first-order valence-corrected chi connectivity index (χ1v) is 20.0. The van der Waals surface area contributed by atoms with Crippen LogP contribution in [0, 0.1) is 0 Å². The van der Waals surface area contributed by atoms with E-state index in [1.807, 2.05) is 78.9 Å². The van der Waals surface area contributed by atoms with Crippen molar-refractivity contribution >= 4 is 63.1 Å². The highest BCUT2D eigenvalue weighted by atomic mass is 32.1. The zero-order chi connectivity index (χ0) is 37.0. The molecule has 0 radical (unpaired) electrons. The van der Waals surface area contributed by atoms with Crippen LogP contribution in [0.4, 0.5) is 0 Å². The van der Waals surface area contributed by atoms with Crippen LogP contribution in [0.15, 0.2) is 176 Å². The van der Waals surface area contributed by atoms with Gasteiger partial charge in [0.15, 0.2) is 23.3 Å². The Kier molecular flexibility index (Phi) is 7.79. The fourth-order valence-corrected chi connectivity index (χ4v) is 9.84. The van der Waals surface area contributed by atoms with Crippen molar-refractivity contribution in [3.63, 3.8) is 0 Å². The van der Waals surface area contributed by atoms with Gasteiger partial charge in [-0.3, -0.25) is 0 Å². The maximum Gasteiger partial charge on any atom is 0.165 e. The molecular formula is C49H29N5S2. The van der Waals surface area contributed by atoms with Gasteiger partial charge in [0.2, 0.25) is 0 Å². The summed E-state index contributed by atoms with van der Waals surface area (Å²) in [6, 6.07) is 61.0. The van der Waals surface area contributed by atoms with Crippen LogP contribution < -0.4 is 0 Å². The summed E-state index contributed by atoms with van der Waals surface area (Å²) in [5.41, 5.74) is 9.19. The number of thiophene rings is 2. The molecule has 4 aromatic heterocycles. The van der Waals surface area contributed by atoms with Crippen molar-refractivity contribution in [2.75, 3.05) is 0 Å². The van der Waals surface area contributed by atoms with E-state index >= 15 is 0 Å². The number of benzene rings is 7. The predicted octanol–water partition coefficient (Wildman–Crippen LogP) is 13.4. The van der Waals surface area contributed by atoms with Crippen LogP contribution in [0.1, 0.15) is 0 Å². The smallest absolute Gasteiger partial charge is 0.165 e. The zero-order valence-corrected chi connectivity index (χ0v) is 31.4. The van der Waals surface area contributed by atoms with Gasteiger partial charge in [0, 0.05) is 58.1 Å². The number of hydrogen-bond acceptors (Lipinski definition) is 7. The summed E-state index contributed by atoms with van der Waals surface area (Å²) in [5.74, 6) is 2.70. The van der Waals surface area contributed by atoms with E-state index in [9.17, 15) is 0 Å². The lowest BCUT2D eigenvalue weighted by Gasteiger charge is -2.09. The second kappa shape index (κ2) is 13.4. The Labute approximate surface area is 330 Å². The molecule has 0 spiro atoms. The molecule has 7 aromatic carbocycles. The molecule has 56 heavy (non-hydrogen) atoms. The summed E-state index contributed by atoms with van der Waals surface area (Å²) in [6.07, 6.45) is 0. The van der Waals surface area contributed by atoms with Gasteiger partial charge in [-0.1, -0.05) is 152 Å². The molecule has 7 heteroatoms. The molecule has 0 fully saturated rings. The summed E-state index contributed by atoms with van der Waals surface area (Å²) in [7, 11) is 0. The van der Waals surface area contributed by atoms with E-state index < -0.39 is 0 Å². The van der Waals surface area contributed by atoms with E-state index in [1.165, 1.54) is 20.2 Å². The van der Waals surface area contributed by atoms with Crippen LogP contribution in [0.25, 0.3) is 108 Å². The summed E-state index contributed by atoms with van der Waals surface area (Å²) in [4.78, 5) is 25.4. The van der Waals surface area contributed by atoms with Crippen molar-refractivity contribution < 1.29 is 0 Å². The molecule has 0 atom stereocenters. The highest BCUT2D eigenvalue weighted by Gasteiger charge is 2.19. The van der Waals surface area contributed by atoms with E-state index in [1.54, 1.807) is 22.7 Å². The molecule has 262 valence electrons. The lowest BCUT2D eigenvalue weighted by molar-refractivity contribution is 1.08. The summed E-state index contributed by atoms with van der Waals surface area (Å²) in [6.45, 7) is 0. The predicted molar refractivity (Wildman–Crippen MR) is 234 cm³/mol. The van der Waals surface area contributed by atoms with Gasteiger partial charge in [-0.2, -0.15) is 0 Å².